The highest BCUT2D eigenvalue weighted by atomic mass is 32.1. The van der Waals surface area contributed by atoms with Gasteiger partial charge >= 0.3 is 0 Å². The monoisotopic (exact) mass is 302 g/mol. The topological polar surface area (TPSA) is 43.4 Å². The molecule has 2 aromatic rings. The largest absolute Gasteiger partial charge is 0.494 e. The highest BCUT2D eigenvalue weighted by Gasteiger charge is 2.06. The summed E-state index contributed by atoms with van der Waals surface area (Å²) in [4.78, 5) is 23.6. The molecule has 0 unspecified atom stereocenters. The molecule has 4 heteroatoms. The summed E-state index contributed by atoms with van der Waals surface area (Å²) in [6.45, 7) is 2.10. The Morgan fingerprint density at radius 2 is 1.90 bits per heavy atom. The first-order valence-electron chi connectivity index (χ1n) is 6.93. The van der Waals surface area contributed by atoms with Gasteiger partial charge in [0, 0.05) is 12.8 Å². The second kappa shape index (κ2) is 7.74. The van der Waals surface area contributed by atoms with E-state index >= 15 is 0 Å². The molecule has 0 aliphatic heterocycles. The first-order chi connectivity index (χ1) is 10.1. The van der Waals surface area contributed by atoms with Gasteiger partial charge in [0.15, 0.2) is 5.78 Å². The molecule has 3 nitrogen and oxygen atoms in total. The van der Waals surface area contributed by atoms with E-state index in [1.165, 1.54) is 11.3 Å². The Morgan fingerprint density at radius 1 is 1.14 bits per heavy atom. The highest BCUT2D eigenvalue weighted by Crippen LogP contribution is 2.15. The van der Waals surface area contributed by atoms with Crippen molar-refractivity contribution in [3.05, 3.63) is 52.2 Å². The summed E-state index contributed by atoms with van der Waals surface area (Å²) in [5.41, 5.74) is 0.989. The Hall–Kier alpha value is -1.94. The van der Waals surface area contributed by atoms with Crippen molar-refractivity contribution in [2.45, 2.75) is 26.2 Å². The molecule has 0 fully saturated rings. The van der Waals surface area contributed by atoms with Gasteiger partial charge in [-0.2, -0.15) is 0 Å². The fraction of sp³-hybridized carbons (Fsp3) is 0.294. The van der Waals surface area contributed by atoms with Crippen molar-refractivity contribution in [3.8, 4) is 5.75 Å². The molecule has 0 amide bonds. The maximum absolute atomic E-state index is 11.8. The zero-order valence-corrected chi connectivity index (χ0v) is 12.8. The van der Waals surface area contributed by atoms with E-state index in [0.29, 0.717) is 25.9 Å². The van der Waals surface area contributed by atoms with Gasteiger partial charge in [-0.15, -0.1) is 11.3 Å². The molecule has 0 atom stereocenters. The van der Waals surface area contributed by atoms with Gasteiger partial charge in [0.1, 0.15) is 11.5 Å². The second-order valence-corrected chi connectivity index (χ2v) is 5.82. The van der Waals surface area contributed by atoms with Gasteiger partial charge < -0.3 is 4.74 Å². The van der Waals surface area contributed by atoms with E-state index in [-0.39, 0.29) is 11.6 Å². The number of carbonyl (C=O) groups is 2. The lowest BCUT2D eigenvalue weighted by molar-refractivity contribution is -0.116. The first kappa shape index (κ1) is 15.4. The van der Waals surface area contributed by atoms with E-state index in [0.717, 1.165) is 16.2 Å². The van der Waals surface area contributed by atoms with E-state index in [1.54, 1.807) is 6.92 Å². The predicted octanol–water partition coefficient (Wildman–Crippen LogP) is 3.92. The molecule has 0 spiro atoms. The summed E-state index contributed by atoms with van der Waals surface area (Å²) in [5.74, 6) is 1.09. The van der Waals surface area contributed by atoms with Gasteiger partial charge in [0.2, 0.25) is 0 Å². The third-order valence-electron chi connectivity index (χ3n) is 2.99. The zero-order chi connectivity index (χ0) is 15.1. The first-order valence-corrected chi connectivity index (χ1v) is 7.81. The molecule has 0 aliphatic rings. The Labute approximate surface area is 128 Å². The lowest BCUT2D eigenvalue weighted by Crippen LogP contribution is -2.03. The van der Waals surface area contributed by atoms with E-state index in [4.69, 9.17) is 4.74 Å². The van der Waals surface area contributed by atoms with Crippen LogP contribution in [-0.2, 0) is 11.2 Å². The number of hydrogen-bond acceptors (Lipinski definition) is 4. The van der Waals surface area contributed by atoms with E-state index in [2.05, 4.69) is 0 Å². The summed E-state index contributed by atoms with van der Waals surface area (Å²) in [5, 5.41) is 1.91. The standard InChI is InChI=1S/C17H18O3S/c1-13(18)12-14-6-8-15(9-7-14)20-10-2-4-16(19)17-5-3-11-21-17/h3,5-9,11H,2,4,10,12H2,1H3. The van der Waals surface area contributed by atoms with Gasteiger partial charge in [0.05, 0.1) is 11.5 Å². The number of benzene rings is 1. The van der Waals surface area contributed by atoms with Gasteiger partial charge in [0.25, 0.3) is 0 Å². The lowest BCUT2D eigenvalue weighted by atomic mass is 10.1. The van der Waals surface area contributed by atoms with Crippen molar-refractivity contribution < 1.29 is 14.3 Å². The van der Waals surface area contributed by atoms with Crippen LogP contribution in [-0.4, -0.2) is 18.2 Å². The second-order valence-electron chi connectivity index (χ2n) is 4.88. The molecule has 0 radical (unpaired) electrons. The van der Waals surface area contributed by atoms with Crippen molar-refractivity contribution in [3.63, 3.8) is 0 Å². The molecule has 1 aromatic heterocycles. The summed E-state index contributed by atoms with van der Waals surface area (Å²) >= 11 is 1.47. The van der Waals surface area contributed by atoms with Crippen LogP contribution in [0.3, 0.4) is 0 Å². The number of ether oxygens (including phenoxy) is 1. The van der Waals surface area contributed by atoms with Crippen molar-refractivity contribution in [2.24, 2.45) is 0 Å². The maximum Gasteiger partial charge on any atom is 0.172 e. The van der Waals surface area contributed by atoms with Gasteiger partial charge in [-0.1, -0.05) is 18.2 Å². The number of hydrogen-bond donors (Lipinski definition) is 0. The van der Waals surface area contributed by atoms with Crippen molar-refractivity contribution >= 4 is 22.9 Å². The van der Waals surface area contributed by atoms with Crippen LogP contribution in [0.1, 0.15) is 35.0 Å². The molecule has 0 aliphatic carbocycles. The van der Waals surface area contributed by atoms with Crippen LogP contribution in [0.15, 0.2) is 41.8 Å². The Bertz CT molecular complexity index is 585. The molecule has 0 saturated heterocycles. The maximum atomic E-state index is 11.8. The molecule has 110 valence electrons. The number of ketones is 2. The number of carbonyl (C=O) groups excluding carboxylic acids is 2. The Balaban J connectivity index is 1.71. The van der Waals surface area contributed by atoms with E-state index in [1.807, 2.05) is 41.8 Å². The predicted molar refractivity (Wildman–Crippen MR) is 84.2 cm³/mol. The number of thiophene rings is 1. The molecule has 0 bridgehead atoms. The van der Waals surface area contributed by atoms with Gasteiger partial charge in [-0.05, 0) is 42.5 Å². The molecular weight excluding hydrogens is 284 g/mol. The number of Topliss-reactive ketones (excluding diaryl/α,β-unsaturated/α-hetero) is 2. The molecular formula is C17H18O3S. The number of rotatable bonds is 8. The molecule has 21 heavy (non-hydrogen) atoms. The van der Waals surface area contributed by atoms with Crippen molar-refractivity contribution in [1.82, 2.24) is 0 Å². The molecule has 1 aromatic carbocycles. The minimum absolute atomic E-state index is 0.149. The van der Waals surface area contributed by atoms with Crippen LogP contribution in [0.5, 0.6) is 5.75 Å². The Morgan fingerprint density at radius 3 is 2.52 bits per heavy atom. The van der Waals surface area contributed by atoms with Crippen LogP contribution in [0.4, 0.5) is 0 Å². The van der Waals surface area contributed by atoms with Crippen molar-refractivity contribution in [2.75, 3.05) is 6.61 Å². The average Bonchev–Trinajstić information content (AvgIpc) is 2.99. The lowest BCUT2D eigenvalue weighted by Gasteiger charge is -2.06. The SMILES string of the molecule is CC(=O)Cc1ccc(OCCCC(=O)c2cccs2)cc1. The summed E-state index contributed by atoms with van der Waals surface area (Å²) in [7, 11) is 0. The normalized spacial score (nSPS) is 10.3. The quantitative estimate of drug-likeness (QED) is 0.548. The minimum Gasteiger partial charge on any atom is -0.494 e. The van der Waals surface area contributed by atoms with Crippen LogP contribution in [0.25, 0.3) is 0 Å². The van der Waals surface area contributed by atoms with Crippen LogP contribution in [0.2, 0.25) is 0 Å². The summed E-state index contributed by atoms with van der Waals surface area (Å²) in [6, 6.07) is 11.2. The van der Waals surface area contributed by atoms with Gasteiger partial charge in [-0.3, -0.25) is 9.59 Å². The third kappa shape index (κ3) is 5.16. The van der Waals surface area contributed by atoms with Crippen LogP contribution < -0.4 is 4.74 Å². The average molecular weight is 302 g/mol. The fourth-order valence-corrected chi connectivity index (χ4v) is 2.67. The summed E-state index contributed by atoms with van der Waals surface area (Å²) < 4.78 is 5.60. The molecule has 2 rings (SSSR count). The minimum atomic E-state index is 0.149. The zero-order valence-electron chi connectivity index (χ0n) is 12.0. The Kier molecular flexibility index (Phi) is 5.69. The molecule has 0 N–H and O–H groups in total. The van der Waals surface area contributed by atoms with E-state index < -0.39 is 0 Å². The van der Waals surface area contributed by atoms with Crippen molar-refractivity contribution in [1.29, 1.82) is 0 Å². The highest BCUT2D eigenvalue weighted by molar-refractivity contribution is 7.12. The van der Waals surface area contributed by atoms with Crippen LogP contribution >= 0.6 is 11.3 Å². The molecule has 0 saturated carbocycles. The van der Waals surface area contributed by atoms with Gasteiger partial charge in [-0.25, -0.2) is 0 Å². The fourth-order valence-electron chi connectivity index (χ4n) is 1.97. The smallest absolute Gasteiger partial charge is 0.172 e. The summed E-state index contributed by atoms with van der Waals surface area (Å²) in [6.07, 6.45) is 1.66. The van der Waals surface area contributed by atoms with Crippen LogP contribution in [0, 0.1) is 0 Å². The molecule has 1 heterocycles. The third-order valence-corrected chi connectivity index (χ3v) is 3.90. The van der Waals surface area contributed by atoms with E-state index in [9.17, 15) is 9.59 Å².